The van der Waals surface area contributed by atoms with Gasteiger partial charge in [-0.2, -0.15) is 0 Å². The molecule has 0 spiro atoms. The number of ketones is 1. The molecule has 1 aliphatic heterocycles. The molecule has 0 aromatic heterocycles. The number of morpholine rings is 1. The Labute approximate surface area is 120 Å². The summed E-state index contributed by atoms with van der Waals surface area (Å²) in [7, 11) is 0. The number of carbonyl (C=O) groups is 1. The summed E-state index contributed by atoms with van der Waals surface area (Å²) in [6.07, 6.45) is 4.58. The summed E-state index contributed by atoms with van der Waals surface area (Å²) in [5.41, 5.74) is 2.18. The van der Waals surface area contributed by atoms with E-state index in [1.54, 1.807) is 0 Å². The Hall–Kier alpha value is -1.19. The van der Waals surface area contributed by atoms with E-state index in [1.807, 2.05) is 12.1 Å². The van der Waals surface area contributed by atoms with Gasteiger partial charge in [0.1, 0.15) is 0 Å². The van der Waals surface area contributed by atoms with Gasteiger partial charge in [0.15, 0.2) is 5.78 Å². The van der Waals surface area contributed by atoms with Crippen molar-refractivity contribution < 1.29 is 9.53 Å². The second-order valence-electron chi connectivity index (χ2n) is 5.93. The summed E-state index contributed by atoms with van der Waals surface area (Å²) in [5, 5.41) is 0. The van der Waals surface area contributed by atoms with Crippen molar-refractivity contribution in [3.8, 4) is 0 Å². The molecule has 3 rings (SSSR count). The largest absolute Gasteiger partial charge is 0.379 e. The molecule has 0 unspecified atom stereocenters. The van der Waals surface area contributed by atoms with E-state index in [0.717, 1.165) is 51.3 Å². The highest BCUT2D eigenvalue weighted by Gasteiger charge is 2.23. The lowest BCUT2D eigenvalue weighted by Gasteiger charge is -2.26. The maximum atomic E-state index is 12.3. The molecule has 2 fully saturated rings. The summed E-state index contributed by atoms with van der Waals surface area (Å²) in [6.45, 7) is 4.63. The molecule has 0 atom stereocenters. The molecule has 3 nitrogen and oxygen atoms in total. The van der Waals surface area contributed by atoms with Crippen LogP contribution in [0.1, 0.15) is 41.6 Å². The van der Waals surface area contributed by atoms with E-state index in [-0.39, 0.29) is 5.92 Å². The fourth-order valence-electron chi connectivity index (χ4n) is 3.22. The summed E-state index contributed by atoms with van der Waals surface area (Å²) >= 11 is 0. The molecule has 1 aromatic carbocycles. The van der Waals surface area contributed by atoms with Crippen LogP contribution >= 0.6 is 0 Å². The molecule has 2 aliphatic rings. The van der Waals surface area contributed by atoms with Crippen LogP contribution in [0.25, 0.3) is 0 Å². The smallest absolute Gasteiger partial charge is 0.165 e. The van der Waals surface area contributed by atoms with E-state index >= 15 is 0 Å². The van der Waals surface area contributed by atoms with E-state index in [2.05, 4.69) is 17.0 Å². The molecule has 20 heavy (non-hydrogen) atoms. The van der Waals surface area contributed by atoms with Crippen molar-refractivity contribution in [2.24, 2.45) is 5.92 Å². The predicted octanol–water partition coefficient (Wildman–Crippen LogP) is 2.89. The lowest BCUT2D eigenvalue weighted by molar-refractivity contribution is 0.0342. The van der Waals surface area contributed by atoms with E-state index in [1.165, 1.54) is 18.4 Å². The van der Waals surface area contributed by atoms with Crippen LogP contribution in [0.2, 0.25) is 0 Å². The molecular weight excluding hydrogens is 250 g/mol. The summed E-state index contributed by atoms with van der Waals surface area (Å²) < 4.78 is 5.36. The highest BCUT2D eigenvalue weighted by atomic mass is 16.5. The first-order chi connectivity index (χ1) is 9.83. The zero-order valence-corrected chi connectivity index (χ0v) is 12.0. The van der Waals surface area contributed by atoms with Crippen LogP contribution in [0.5, 0.6) is 0 Å². The van der Waals surface area contributed by atoms with Gasteiger partial charge in [-0.3, -0.25) is 9.69 Å². The minimum atomic E-state index is 0.278. The van der Waals surface area contributed by atoms with E-state index in [0.29, 0.717) is 5.78 Å². The summed E-state index contributed by atoms with van der Waals surface area (Å²) in [5.74, 6) is 0.625. The molecule has 0 N–H and O–H groups in total. The van der Waals surface area contributed by atoms with E-state index in [4.69, 9.17) is 4.74 Å². The van der Waals surface area contributed by atoms with Gasteiger partial charge in [-0.25, -0.2) is 0 Å². The fourth-order valence-corrected chi connectivity index (χ4v) is 3.22. The summed E-state index contributed by atoms with van der Waals surface area (Å²) in [4.78, 5) is 14.7. The van der Waals surface area contributed by atoms with Crippen LogP contribution in [-0.4, -0.2) is 37.0 Å². The maximum Gasteiger partial charge on any atom is 0.165 e. The quantitative estimate of drug-likeness (QED) is 0.790. The van der Waals surface area contributed by atoms with Crippen molar-refractivity contribution >= 4 is 5.78 Å². The van der Waals surface area contributed by atoms with Crippen LogP contribution in [0, 0.1) is 5.92 Å². The lowest BCUT2D eigenvalue weighted by atomic mass is 9.95. The normalized spacial score (nSPS) is 21.2. The van der Waals surface area contributed by atoms with Gasteiger partial charge in [-0.05, 0) is 18.4 Å². The highest BCUT2D eigenvalue weighted by Crippen LogP contribution is 2.28. The molecule has 0 bridgehead atoms. The number of hydrogen-bond donors (Lipinski definition) is 0. The zero-order valence-electron chi connectivity index (χ0n) is 12.0. The highest BCUT2D eigenvalue weighted by molar-refractivity contribution is 5.98. The SMILES string of the molecule is O=C(c1ccc(CN2CCOCC2)cc1)C1CCCC1. The Balaban J connectivity index is 1.60. The molecule has 1 saturated heterocycles. The zero-order chi connectivity index (χ0) is 13.8. The van der Waals surface area contributed by atoms with Crippen molar-refractivity contribution in [3.05, 3.63) is 35.4 Å². The molecule has 1 heterocycles. The fraction of sp³-hybridized carbons (Fsp3) is 0.588. The predicted molar refractivity (Wildman–Crippen MR) is 78.8 cm³/mol. The molecule has 1 aromatic rings. The van der Waals surface area contributed by atoms with Gasteiger partial charge < -0.3 is 4.74 Å². The van der Waals surface area contributed by atoms with E-state index in [9.17, 15) is 4.79 Å². The topological polar surface area (TPSA) is 29.5 Å². The van der Waals surface area contributed by atoms with E-state index < -0.39 is 0 Å². The Morgan fingerprint density at radius 1 is 1.10 bits per heavy atom. The molecular formula is C17H23NO2. The van der Waals surface area contributed by atoms with Crippen LogP contribution < -0.4 is 0 Å². The third-order valence-corrected chi connectivity index (χ3v) is 4.47. The Morgan fingerprint density at radius 3 is 2.40 bits per heavy atom. The molecule has 3 heteroatoms. The van der Waals surface area contributed by atoms with Gasteiger partial charge in [0, 0.05) is 31.1 Å². The molecule has 1 aliphatic carbocycles. The lowest BCUT2D eigenvalue weighted by Crippen LogP contribution is -2.35. The van der Waals surface area contributed by atoms with Crippen molar-refractivity contribution in [3.63, 3.8) is 0 Å². The number of Topliss-reactive ketones (excluding diaryl/α,β-unsaturated/α-hetero) is 1. The monoisotopic (exact) mass is 273 g/mol. The molecule has 108 valence electrons. The maximum absolute atomic E-state index is 12.3. The van der Waals surface area contributed by atoms with Crippen LogP contribution in [0.15, 0.2) is 24.3 Å². The third kappa shape index (κ3) is 3.28. The van der Waals surface area contributed by atoms with Gasteiger partial charge in [-0.15, -0.1) is 0 Å². The van der Waals surface area contributed by atoms with Gasteiger partial charge in [0.25, 0.3) is 0 Å². The number of carbonyl (C=O) groups excluding carboxylic acids is 1. The Kier molecular flexibility index (Phi) is 4.48. The van der Waals surface area contributed by atoms with Gasteiger partial charge >= 0.3 is 0 Å². The van der Waals surface area contributed by atoms with Crippen molar-refractivity contribution in [2.45, 2.75) is 32.2 Å². The average Bonchev–Trinajstić information content (AvgIpc) is 3.03. The minimum absolute atomic E-state index is 0.278. The molecule has 1 saturated carbocycles. The van der Waals surface area contributed by atoms with Crippen LogP contribution in [0.3, 0.4) is 0 Å². The first-order valence-electron chi connectivity index (χ1n) is 7.76. The van der Waals surface area contributed by atoms with Crippen molar-refractivity contribution in [1.82, 2.24) is 4.90 Å². The van der Waals surface area contributed by atoms with Gasteiger partial charge in [0.05, 0.1) is 13.2 Å². The van der Waals surface area contributed by atoms with Gasteiger partial charge in [-0.1, -0.05) is 37.1 Å². The molecule has 0 amide bonds. The number of nitrogens with zero attached hydrogens (tertiary/aromatic N) is 1. The second-order valence-corrected chi connectivity index (χ2v) is 5.93. The number of rotatable bonds is 4. The first kappa shape index (κ1) is 13.8. The number of ether oxygens (including phenoxy) is 1. The number of hydrogen-bond acceptors (Lipinski definition) is 3. The van der Waals surface area contributed by atoms with Crippen LogP contribution in [-0.2, 0) is 11.3 Å². The van der Waals surface area contributed by atoms with Gasteiger partial charge in [0.2, 0.25) is 0 Å². The molecule has 0 radical (unpaired) electrons. The third-order valence-electron chi connectivity index (χ3n) is 4.47. The van der Waals surface area contributed by atoms with Crippen LogP contribution in [0.4, 0.5) is 0 Å². The summed E-state index contributed by atoms with van der Waals surface area (Å²) in [6, 6.07) is 8.24. The Morgan fingerprint density at radius 2 is 1.75 bits per heavy atom. The average molecular weight is 273 g/mol. The first-order valence-corrected chi connectivity index (χ1v) is 7.76. The van der Waals surface area contributed by atoms with Crippen molar-refractivity contribution in [1.29, 1.82) is 0 Å². The standard InChI is InChI=1S/C17H23NO2/c19-17(15-3-1-2-4-15)16-7-5-14(6-8-16)13-18-9-11-20-12-10-18/h5-8,15H,1-4,9-13H2. The second kappa shape index (κ2) is 6.51. The van der Waals surface area contributed by atoms with Crippen molar-refractivity contribution in [2.75, 3.05) is 26.3 Å². The Bertz CT molecular complexity index is 443. The minimum Gasteiger partial charge on any atom is -0.379 e. The number of benzene rings is 1.